The molecule has 2 heterocycles. The van der Waals surface area contributed by atoms with Crippen LogP contribution in [0, 0.1) is 0 Å². The third-order valence-corrected chi connectivity index (χ3v) is 3.45. The van der Waals surface area contributed by atoms with Gasteiger partial charge in [-0.05, 0) is 33.4 Å². The van der Waals surface area contributed by atoms with E-state index in [4.69, 9.17) is 0 Å². The van der Waals surface area contributed by atoms with E-state index in [9.17, 15) is 0 Å². The van der Waals surface area contributed by atoms with Gasteiger partial charge in [0.2, 0.25) is 0 Å². The van der Waals surface area contributed by atoms with Crippen LogP contribution in [-0.4, -0.2) is 40.6 Å². The maximum absolute atomic E-state index is 4.39. The Labute approximate surface area is 97.7 Å². The van der Waals surface area contributed by atoms with Gasteiger partial charge in [0.25, 0.3) is 0 Å². The standard InChI is InChI=1S/C12H22N4/c1-11(4-3-5-13-2)16-9-8-15-7-6-14-12(15)10-16/h6-7,11,13H,3-5,8-10H2,1-2H3. The van der Waals surface area contributed by atoms with Gasteiger partial charge >= 0.3 is 0 Å². The summed E-state index contributed by atoms with van der Waals surface area (Å²) in [5.74, 6) is 1.21. The van der Waals surface area contributed by atoms with Crippen LogP contribution >= 0.6 is 0 Å². The summed E-state index contributed by atoms with van der Waals surface area (Å²) in [6.07, 6.45) is 6.51. The van der Waals surface area contributed by atoms with Crippen molar-refractivity contribution in [1.29, 1.82) is 0 Å². The van der Waals surface area contributed by atoms with Gasteiger partial charge in [0.05, 0.1) is 6.54 Å². The van der Waals surface area contributed by atoms with E-state index in [1.165, 1.54) is 18.7 Å². The Morgan fingerprint density at radius 2 is 2.38 bits per heavy atom. The van der Waals surface area contributed by atoms with Crippen molar-refractivity contribution in [3.63, 3.8) is 0 Å². The number of nitrogens with zero attached hydrogens (tertiary/aromatic N) is 3. The minimum absolute atomic E-state index is 0.666. The SMILES string of the molecule is CNCCCC(C)N1CCn2ccnc2C1. The molecule has 90 valence electrons. The Hall–Kier alpha value is -0.870. The lowest BCUT2D eigenvalue weighted by Crippen LogP contribution is -2.39. The molecule has 0 aliphatic carbocycles. The number of nitrogens with one attached hydrogen (secondary N) is 1. The number of imidazole rings is 1. The third-order valence-electron chi connectivity index (χ3n) is 3.45. The summed E-state index contributed by atoms with van der Waals surface area (Å²) >= 11 is 0. The molecule has 1 aromatic rings. The van der Waals surface area contributed by atoms with Gasteiger partial charge in [0.1, 0.15) is 5.82 Å². The van der Waals surface area contributed by atoms with Gasteiger partial charge in [-0.2, -0.15) is 0 Å². The molecule has 1 aliphatic rings. The molecule has 1 unspecified atom stereocenters. The molecule has 0 amide bonds. The van der Waals surface area contributed by atoms with E-state index >= 15 is 0 Å². The lowest BCUT2D eigenvalue weighted by molar-refractivity contribution is 0.154. The normalized spacial score (nSPS) is 18.4. The van der Waals surface area contributed by atoms with Crippen LogP contribution in [0.2, 0.25) is 0 Å². The second kappa shape index (κ2) is 5.46. The lowest BCUT2D eigenvalue weighted by atomic mass is 10.1. The molecule has 0 bridgehead atoms. The molecule has 1 aromatic heterocycles. The van der Waals surface area contributed by atoms with Crippen LogP contribution in [-0.2, 0) is 13.1 Å². The molecule has 0 saturated carbocycles. The van der Waals surface area contributed by atoms with Crippen molar-refractivity contribution in [3.05, 3.63) is 18.2 Å². The molecule has 0 saturated heterocycles. The summed E-state index contributed by atoms with van der Waals surface area (Å²) < 4.78 is 2.26. The summed E-state index contributed by atoms with van der Waals surface area (Å²) in [7, 11) is 2.02. The van der Waals surface area contributed by atoms with Crippen molar-refractivity contribution in [1.82, 2.24) is 19.8 Å². The minimum Gasteiger partial charge on any atom is -0.333 e. The van der Waals surface area contributed by atoms with Crippen molar-refractivity contribution in [3.8, 4) is 0 Å². The molecule has 0 fully saturated rings. The van der Waals surface area contributed by atoms with E-state index < -0.39 is 0 Å². The molecular weight excluding hydrogens is 200 g/mol. The molecular formula is C12H22N4. The molecule has 2 rings (SSSR count). The molecule has 4 heteroatoms. The number of fused-ring (bicyclic) bond motifs is 1. The second-order valence-electron chi connectivity index (χ2n) is 4.60. The van der Waals surface area contributed by atoms with Crippen LogP contribution in [0.5, 0.6) is 0 Å². The van der Waals surface area contributed by atoms with E-state index in [1.54, 1.807) is 0 Å². The molecule has 16 heavy (non-hydrogen) atoms. The highest BCUT2D eigenvalue weighted by atomic mass is 15.2. The summed E-state index contributed by atoms with van der Waals surface area (Å²) in [5.41, 5.74) is 0. The quantitative estimate of drug-likeness (QED) is 0.757. The fraction of sp³-hybridized carbons (Fsp3) is 0.750. The highest BCUT2D eigenvalue weighted by Gasteiger charge is 2.20. The van der Waals surface area contributed by atoms with Crippen molar-refractivity contribution in [2.24, 2.45) is 0 Å². The van der Waals surface area contributed by atoms with Gasteiger partial charge in [-0.1, -0.05) is 0 Å². The van der Waals surface area contributed by atoms with Crippen LogP contribution < -0.4 is 5.32 Å². The van der Waals surface area contributed by atoms with Crippen molar-refractivity contribution >= 4 is 0 Å². The van der Waals surface area contributed by atoms with Crippen LogP contribution in [0.25, 0.3) is 0 Å². The fourth-order valence-electron chi connectivity index (χ4n) is 2.33. The molecule has 1 atom stereocenters. The average molecular weight is 222 g/mol. The van der Waals surface area contributed by atoms with Crippen LogP contribution in [0.4, 0.5) is 0 Å². The fourth-order valence-corrected chi connectivity index (χ4v) is 2.33. The van der Waals surface area contributed by atoms with Crippen molar-refractivity contribution in [2.45, 2.75) is 38.9 Å². The second-order valence-corrected chi connectivity index (χ2v) is 4.60. The summed E-state index contributed by atoms with van der Waals surface area (Å²) in [6, 6.07) is 0.666. The first-order chi connectivity index (χ1) is 7.81. The largest absolute Gasteiger partial charge is 0.333 e. The van der Waals surface area contributed by atoms with Crippen molar-refractivity contribution in [2.75, 3.05) is 20.1 Å². The molecule has 0 aromatic carbocycles. The van der Waals surface area contributed by atoms with E-state index in [2.05, 4.69) is 32.9 Å². The summed E-state index contributed by atoms with van der Waals surface area (Å²) in [5, 5.41) is 3.20. The predicted octanol–water partition coefficient (Wildman–Crippen LogP) is 1.09. The van der Waals surface area contributed by atoms with E-state index in [1.807, 2.05) is 13.2 Å². The highest BCUT2D eigenvalue weighted by molar-refractivity contribution is 4.96. The van der Waals surface area contributed by atoms with Crippen LogP contribution in [0.1, 0.15) is 25.6 Å². The van der Waals surface area contributed by atoms with Gasteiger partial charge in [-0.25, -0.2) is 4.98 Å². The van der Waals surface area contributed by atoms with Crippen molar-refractivity contribution < 1.29 is 0 Å². The Kier molecular flexibility index (Phi) is 3.96. The predicted molar refractivity (Wildman–Crippen MR) is 65.3 cm³/mol. The number of rotatable bonds is 5. The zero-order chi connectivity index (χ0) is 11.4. The number of hydrogen-bond acceptors (Lipinski definition) is 3. The average Bonchev–Trinajstić information content (AvgIpc) is 2.76. The van der Waals surface area contributed by atoms with Gasteiger partial charge in [0, 0.05) is 31.5 Å². The third kappa shape index (κ3) is 2.62. The summed E-state index contributed by atoms with van der Waals surface area (Å²) in [6.45, 7) is 6.70. The monoisotopic (exact) mass is 222 g/mol. The first-order valence-electron chi connectivity index (χ1n) is 6.20. The Morgan fingerprint density at radius 1 is 1.50 bits per heavy atom. The smallest absolute Gasteiger partial charge is 0.122 e. The molecule has 4 nitrogen and oxygen atoms in total. The van der Waals surface area contributed by atoms with Gasteiger partial charge in [-0.15, -0.1) is 0 Å². The number of hydrogen-bond donors (Lipinski definition) is 1. The van der Waals surface area contributed by atoms with Gasteiger partial charge < -0.3 is 9.88 Å². The lowest BCUT2D eigenvalue weighted by Gasteiger charge is -2.32. The first-order valence-corrected chi connectivity index (χ1v) is 6.20. The van der Waals surface area contributed by atoms with E-state index in [0.29, 0.717) is 6.04 Å². The maximum Gasteiger partial charge on any atom is 0.122 e. The van der Waals surface area contributed by atoms with E-state index in [-0.39, 0.29) is 0 Å². The Balaban J connectivity index is 1.83. The summed E-state index contributed by atoms with van der Waals surface area (Å²) in [4.78, 5) is 6.93. The van der Waals surface area contributed by atoms with Gasteiger partial charge in [-0.3, -0.25) is 4.90 Å². The highest BCUT2D eigenvalue weighted by Crippen LogP contribution is 2.15. The van der Waals surface area contributed by atoms with Gasteiger partial charge in [0.15, 0.2) is 0 Å². The molecule has 1 N–H and O–H groups in total. The first kappa shape index (κ1) is 11.6. The Morgan fingerprint density at radius 3 is 3.19 bits per heavy atom. The van der Waals surface area contributed by atoms with Crippen LogP contribution in [0.15, 0.2) is 12.4 Å². The topological polar surface area (TPSA) is 33.1 Å². The maximum atomic E-state index is 4.39. The molecule has 1 aliphatic heterocycles. The Bertz CT molecular complexity index is 321. The molecule has 0 radical (unpaired) electrons. The van der Waals surface area contributed by atoms with E-state index in [0.717, 1.165) is 26.2 Å². The molecule has 0 spiro atoms. The van der Waals surface area contributed by atoms with Crippen LogP contribution in [0.3, 0.4) is 0 Å². The number of aromatic nitrogens is 2. The minimum atomic E-state index is 0.666. The zero-order valence-electron chi connectivity index (χ0n) is 10.3. The zero-order valence-corrected chi connectivity index (χ0v) is 10.3.